The molecule has 0 aliphatic heterocycles. The molecule has 120 valence electrons. The molecule has 0 atom stereocenters. The lowest BCUT2D eigenvalue weighted by atomic mass is 10.1. The van der Waals surface area contributed by atoms with Gasteiger partial charge in [0.05, 0.1) is 0 Å². The average molecular weight is 366 g/mol. The monoisotopic (exact) mass is 364 g/mol. The van der Waals surface area contributed by atoms with Gasteiger partial charge in [0.25, 0.3) is 0 Å². The molecule has 0 saturated carbocycles. The van der Waals surface area contributed by atoms with Crippen LogP contribution in [0.5, 0.6) is 0 Å². The van der Waals surface area contributed by atoms with Crippen molar-refractivity contribution in [2.75, 3.05) is 0 Å². The number of hydrogen-bond acceptors (Lipinski definition) is 2. The standard InChI is InChI=1S/C14H23Cl3O2.ClH/c1-4-5-6-7-8-9-10-11-12(18)19-13(2,3)14(15,16)17;/h8-9H,4-7,10-11H2,1-3H3;1H. The second-order valence-corrected chi connectivity index (χ2v) is 7.27. The molecule has 0 saturated heterocycles. The molecule has 0 aliphatic carbocycles. The third-order valence-corrected chi connectivity index (χ3v) is 4.07. The van der Waals surface area contributed by atoms with E-state index < -0.39 is 9.39 Å². The van der Waals surface area contributed by atoms with E-state index in [-0.39, 0.29) is 18.4 Å². The highest BCUT2D eigenvalue weighted by Gasteiger charge is 2.43. The van der Waals surface area contributed by atoms with Gasteiger partial charge in [-0.05, 0) is 33.1 Å². The van der Waals surface area contributed by atoms with Crippen molar-refractivity contribution in [3.8, 4) is 0 Å². The minimum absolute atomic E-state index is 0. The highest BCUT2D eigenvalue weighted by molar-refractivity contribution is 6.68. The summed E-state index contributed by atoms with van der Waals surface area (Å²) in [6, 6.07) is 0. The maximum atomic E-state index is 11.6. The summed E-state index contributed by atoms with van der Waals surface area (Å²) in [5.41, 5.74) is -1.13. The van der Waals surface area contributed by atoms with Crippen molar-refractivity contribution in [1.82, 2.24) is 0 Å². The van der Waals surface area contributed by atoms with E-state index in [1.54, 1.807) is 13.8 Å². The third-order valence-electron chi connectivity index (χ3n) is 2.71. The first-order chi connectivity index (χ1) is 8.70. The van der Waals surface area contributed by atoms with E-state index in [0.717, 1.165) is 6.42 Å². The molecule has 0 unspecified atom stereocenters. The molecule has 20 heavy (non-hydrogen) atoms. The fraction of sp³-hybridized carbons (Fsp3) is 0.786. The van der Waals surface area contributed by atoms with Gasteiger partial charge in [-0.3, -0.25) is 4.79 Å². The summed E-state index contributed by atoms with van der Waals surface area (Å²) >= 11 is 17.2. The lowest BCUT2D eigenvalue weighted by Gasteiger charge is -2.31. The lowest BCUT2D eigenvalue weighted by Crippen LogP contribution is -2.41. The van der Waals surface area contributed by atoms with Gasteiger partial charge in [-0.15, -0.1) is 12.4 Å². The fourth-order valence-electron chi connectivity index (χ4n) is 1.34. The number of hydrogen-bond donors (Lipinski definition) is 0. The summed E-state index contributed by atoms with van der Waals surface area (Å²) in [5, 5.41) is 0. The molecule has 6 heteroatoms. The van der Waals surface area contributed by atoms with Crippen molar-refractivity contribution in [2.24, 2.45) is 0 Å². The zero-order valence-electron chi connectivity index (χ0n) is 12.3. The van der Waals surface area contributed by atoms with Crippen LogP contribution in [-0.4, -0.2) is 15.4 Å². The van der Waals surface area contributed by atoms with Crippen molar-refractivity contribution < 1.29 is 9.53 Å². The van der Waals surface area contributed by atoms with E-state index >= 15 is 0 Å². The molecule has 0 aromatic heterocycles. The summed E-state index contributed by atoms with van der Waals surface area (Å²) in [6.45, 7) is 5.34. The van der Waals surface area contributed by atoms with Crippen LogP contribution < -0.4 is 0 Å². The normalized spacial score (nSPS) is 12.3. The minimum atomic E-state index is -1.63. The maximum absolute atomic E-state index is 11.6. The number of carbonyl (C=O) groups is 1. The Bertz CT molecular complexity index is 296. The van der Waals surface area contributed by atoms with Crippen molar-refractivity contribution in [3.05, 3.63) is 12.2 Å². The molecular formula is C14H24Cl4O2. The first-order valence-electron chi connectivity index (χ1n) is 6.64. The highest BCUT2D eigenvalue weighted by atomic mass is 35.6. The van der Waals surface area contributed by atoms with E-state index in [0.29, 0.717) is 12.8 Å². The molecule has 0 fully saturated rings. The number of halogens is 4. The number of unbranched alkanes of at least 4 members (excludes halogenated alkanes) is 3. The van der Waals surface area contributed by atoms with Crippen molar-refractivity contribution in [3.63, 3.8) is 0 Å². The molecule has 0 rings (SSSR count). The Morgan fingerprint density at radius 2 is 1.65 bits per heavy atom. The highest BCUT2D eigenvalue weighted by Crippen LogP contribution is 2.40. The van der Waals surface area contributed by atoms with Gasteiger partial charge >= 0.3 is 5.97 Å². The summed E-state index contributed by atoms with van der Waals surface area (Å²) in [7, 11) is 0. The van der Waals surface area contributed by atoms with E-state index in [1.807, 2.05) is 6.08 Å². The van der Waals surface area contributed by atoms with Gasteiger partial charge in [-0.25, -0.2) is 0 Å². The van der Waals surface area contributed by atoms with Gasteiger partial charge in [0.15, 0.2) is 5.60 Å². The van der Waals surface area contributed by atoms with Crippen molar-refractivity contribution in [1.29, 1.82) is 0 Å². The molecular weight excluding hydrogens is 342 g/mol. The fourth-order valence-corrected chi connectivity index (χ4v) is 1.46. The van der Waals surface area contributed by atoms with E-state index in [2.05, 4.69) is 13.0 Å². The average Bonchev–Trinajstić information content (AvgIpc) is 2.25. The Kier molecular flexibility index (Phi) is 12.5. The maximum Gasteiger partial charge on any atom is 0.306 e. The Hall–Kier alpha value is 0.370. The van der Waals surface area contributed by atoms with E-state index in [1.165, 1.54) is 19.3 Å². The first-order valence-corrected chi connectivity index (χ1v) is 7.77. The zero-order valence-corrected chi connectivity index (χ0v) is 15.3. The number of esters is 1. The first kappa shape index (κ1) is 22.6. The Morgan fingerprint density at radius 3 is 2.15 bits per heavy atom. The quantitative estimate of drug-likeness (QED) is 0.227. The Balaban J connectivity index is 0. The molecule has 0 aromatic carbocycles. The van der Waals surface area contributed by atoms with Crippen LogP contribution in [0.15, 0.2) is 12.2 Å². The molecule has 0 N–H and O–H groups in total. The topological polar surface area (TPSA) is 26.3 Å². The zero-order chi connectivity index (χ0) is 14.9. The van der Waals surface area contributed by atoms with Crippen LogP contribution in [0.4, 0.5) is 0 Å². The number of rotatable bonds is 8. The number of alkyl halides is 3. The van der Waals surface area contributed by atoms with Gasteiger partial charge in [0.1, 0.15) is 0 Å². The molecule has 0 amide bonds. The second kappa shape index (κ2) is 11.0. The van der Waals surface area contributed by atoms with Crippen molar-refractivity contribution in [2.45, 2.75) is 68.7 Å². The molecule has 0 spiro atoms. The predicted octanol–water partition coefficient (Wildman–Crippen LogP) is 6.02. The summed E-state index contributed by atoms with van der Waals surface area (Å²) < 4.78 is 3.55. The van der Waals surface area contributed by atoms with Crippen LogP contribution in [0.25, 0.3) is 0 Å². The molecule has 0 aliphatic rings. The Morgan fingerprint density at radius 1 is 1.10 bits per heavy atom. The smallest absolute Gasteiger partial charge is 0.306 e. The number of carbonyl (C=O) groups excluding carboxylic acids is 1. The van der Waals surface area contributed by atoms with Crippen molar-refractivity contribution >= 4 is 53.2 Å². The van der Waals surface area contributed by atoms with Gasteiger partial charge in [-0.1, -0.05) is 66.7 Å². The largest absolute Gasteiger partial charge is 0.455 e. The van der Waals surface area contributed by atoms with Crippen LogP contribution in [0.1, 0.15) is 59.3 Å². The predicted molar refractivity (Wildman–Crippen MR) is 90.2 cm³/mol. The molecule has 0 aromatic rings. The molecule has 0 bridgehead atoms. The molecule has 0 heterocycles. The van der Waals surface area contributed by atoms with Crippen LogP contribution in [0, 0.1) is 0 Å². The number of ether oxygens (including phenoxy) is 1. The SMILES string of the molecule is CCCCCC=CCCC(=O)OC(C)(C)C(Cl)(Cl)Cl.Cl. The van der Waals surface area contributed by atoms with Crippen LogP contribution in [-0.2, 0) is 9.53 Å². The number of allylic oxidation sites excluding steroid dienone is 2. The lowest BCUT2D eigenvalue weighted by molar-refractivity contribution is -0.155. The Labute approximate surface area is 143 Å². The molecule has 2 nitrogen and oxygen atoms in total. The molecule has 0 radical (unpaired) electrons. The van der Waals surface area contributed by atoms with Gasteiger partial charge < -0.3 is 4.74 Å². The summed E-state index contributed by atoms with van der Waals surface area (Å²) in [6.07, 6.45) is 9.76. The van der Waals surface area contributed by atoms with Crippen LogP contribution >= 0.6 is 47.2 Å². The van der Waals surface area contributed by atoms with Gasteiger partial charge in [-0.2, -0.15) is 0 Å². The summed E-state index contributed by atoms with van der Waals surface area (Å²) in [5.74, 6) is -0.352. The van der Waals surface area contributed by atoms with E-state index in [4.69, 9.17) is 39.5 Å². The third kappa shape index (κ3) is 10.1. The van der Waals surface area contributed by atoms with Gasteiger partial charge in [0.2, 0.25) is 3.79 Å². The van der Waals surface area contributed by atoms with E-state index in [9.17, 15) is 4.79 Å². The summed E-state index contributed by atoms with van der Waals surface area (Å²) in [4.78, 5) is 11.6. The van der Waals surface area contributed by atoms with Crippen LogP contribution in [0.2, 0.25) is 0 Å². The minimum Gasteiger partial charge on any atom is -0.455 e. The van der Waals surface area contributed by atoms with Gasteiger partial charge in [0, 0.05) is 6.42 Å². The second-order valence-electron chi connectivity index (χ2n) is 4.99. The van der Waals surface area contributed by atoms with Crippen LogP contribution in [0.3, 0.4) is 0 Å².